The number of aromatic nitrogens is 1. The maximum Gasteiger partial charge on any atom is 0.222 e. The molecule has 21 heavy (non-hydrogen) atoms. The molecule has 1 saturated heterocycles. The Hall–Kier alpha value is -1.42. The molecular weight excluding hydrogens is 262 g/mol. The van der Waals surface area contributed by atoms with Crippen LogP contribution in [0.15, 0.2) is 18.3 Å². The highest BCUT2D eigenvalue weighted by molar-refractivity contribution is 5.75. The van der Waals surface area contributed by atoms with Crippen molar-refractivity contribution in [2.75, 3.05) is 20.1 Å². The van der Waals surface area contributed by atoms with Crippen LogP contribution in [-0.4, -0.2) is 46.9 Å². The number of carbonyl (C=O) groups excluding carboxylic acids is 1. The number of rotatable bonds is 6. The van der Waals surface area contributed by atoms with Crippen LogP contribution < -0.4 is 0 Å². The van der Waals surface area contributed by atoms with E-state index < -0.39 is 0 Å². The van der Waals surface area contributed by atoms with E-state index in [4.69, 9.17) is 0 Å². The highest BCUT2D eigenvalue weighted by Crippen LogP contribution is 2.15. The largest absolute Gasteiger partial charge is 0.341 e. The molecule has 0 N–H and O–H groups in total. The minimum Gasteiger partial charge on any atom is -0.341 e. The Morgan fingerprint density at radius 1 is 1.43 bits per heavy atom. The van der Waals surface area contributed by atoms with Crippen LogP contribution >= 0.6 is 0 Å². The number of aryl methyl sites for hydroxylation is 1. The van der Waals surface area contributed by atoms with Crippen molar-refractivity contribution in [1.82, 2.24) is 14.8 Å². The smallest absolute Gasteiger partial charge is 0.222 e. The van der Waals surface area contributed by atoms with E-state index in [1.54, 1.807) is 6.20 Å². The summed E-state index contributed by atoms with van der Waals surface area (Å²) in [5, 5.41) is 0. The summed E-state index contributed by atoms with van der Waals surface area (Å²) in [7, 11) is 1.89. The van der Waals surface area contributed by atoms with E-state index in [-0.39, 0.29) is 5.91 Å². The van der Waals surface area contributed by atoms with Gasteiger partial charge in [0.05, 0.1) is 0 Å². The second-order valence-corrected chi connectivity index (χ2v) is 6.19. The topological polar surface area (TPSA) is 36.4 Å². The summed E-state index contributed by atoms with van der Waals surface area (Å²) in [5.41, 5.74) is 2.14. The molecule has 1 aromatic rings. The fourth-order valence-corrected chi connectivity index (χ4v) is 2.95. The minimum absolute atomic E-state index is 0.232. The Morgan fingerprint density at radius 2 is 2.14 bits per heavy atom. The standard InChI is InChI=1S/C17H27N3O/c1-14-12-16(8-9-18-14)13-19(3)17(21)7-6-15(2)20-10-4-5-11-20/h8-9,12,15H,4-7,10-11,13H2,1-3H3/t15-/m1/s1. The Balaban J connectivity index is 1.77. The molecule has 0 unspecified atom stereocenters. The average Bonchev–Trinajstić information content (AvgIpc) is 2.98. The van der Waals surface area contributed by atoms with E-state index in [0.717, 1.165) is 17.7 Å². The van der Waals surface area contributed by atoms with Crippen LogP contribution in [0.5, 0.6) is 0 Å². The van der Waals surface area contributed by atoms with Crippen molar-refractivity contribution in [3.8, 4) is 0 Å². The molecular formula is C17H27N3O. The second kappa shape index (κ2) is 7.55. The highest BCUT2D eigenvalue weighted by atomic mass is 16.2. The first-order chi connectivity index (χ1) is 10.1. The summed E-state index contributed by atoms with van der Waals surface area (Å²) in [5.74, 6) is 0.232. The van der Waals surface area contributed by atoms with Gasteiger partial charge in [0.25, 0.3) is 0 Å². The van der Waals surface area contributed by atoms with Gasteiger partial charge >= 0.3 is 0 Å². The zero-order valence-corrected chi connectivity index (χ0v) is 13.5. The molecule has 116 valence electrons. The fraction of sp³-hybridized carbons (Fsp3) is 0.647. The number of nitrogens with zero attached hydrogens (tertiary/aromatic N) is 3. The van der Waals surface area contributed by atoms with E-state index in [2.05, 4.69) is 16.8 Å². The molecule has 0 saturated carbocycles. The first-order valence-electron chi connectivity index (χ1n) is 7.96. The summed E-state index contributed by atoms with van der Waals surface area (Å²) in [6.45, 7) is 7.27. The third-order valence-corrected chi connectivity index (χ3v) is 4.35. The average molecular weight is 289 g/mol. The van der Waals surface area contributed by atoms with Gasteiger partial charge in [-0.05, 0) is 63.9 Å². The number of hydrogen-bond donors (Lipinski definition) is 0. The van der Waals surface area contributed by atoms with Crippen LogP contribution in [0.4, 0.5) is 0 Å². The van der Waals surface area contributed by atoms with Crippen molar-refractivity contribution >= 4 is 5.91 Å². The van der Waals surface area contributed by atoms with Gasteiger partial charge in [0.15, 0.2) is 0 Å². The Morgan fingerprint density at radius 3 is 2.81 bits per heavy atom. The summed E-state index contributed by atoms with van der Waals surface area (Å²) in [4.78, 5) is 20.8. The molecule has 1 aromatic heterocycles. The molecule has 0 bridgehead atoms. The van der Waals surface area contributed by atoms with Crippen LogP contribution in [-0.2, 0) is 11.3 Å². The maximum atomic E-state index is 12.2. The summed E-state index contributed by atoms with van der Waals surface area (Å²) < 4.78 is 0. The predicted octanol–water partition coefficient (Wildman–Crippen LogP) is 2.61. The zero-order valence-electron chi connectivity index (χ0n) is 13.5. The van der Waals surface area contributed by atoms with Crippen LogP contribution in [0.3, 0.4) is 0 Å². The van der Waals surface area contributed by atoms with E-state index in [9.17, 15) is 4.79 Å². The van der Waals surface area contributed by atoms with Crippen molar-refractivity contribution in [3.63, 3.8) is 0 Å². The maximum absolute atomic E-state index is 12.2. The van der Waals surface area contributed by atoms with Crippen molar-refractivity contribution in [2.24, 2.45) is 0 Å². The van der Waals surface area contributed by atoms with Gasteiger partial charge in [-0.3, -0.25) is 9.78 Å². The van der Waals surface area contributed by atoms with Crippen molar-refractivity contribution in [2.45, 2.75) is 52.1 Å². The van der Waals surface area contributed by atoms with Crippen molar-refractivity contribution in [1.29, 1.82) is 0 Å². The molecule has 4 heteroatoms. The third-order valence-electron chi connectivity index (χ3n) is 4.35. The number of hydrogen-bond acceptors (Lipinski definition) is 3. The normalized spacial score (nSPS) is 16.9. The Labute approximate surface area is 128 Å². The quantitative estimate of drug-likeness (QED) is 0.807. The summed E-state index contributed by atoms with van der Waals surface area (Å²) in [6, 6.07) is 4.54. The molecule has 0 aromatic carbocycles. The van der Waals surface area contributed by atoms with Gasteiger partial charge in [0, 0.05) is 37.9 Å². The van der Waals surface area contributed by atoms with Crippen molar-refractivity contribution in [3.05, 3.63) is 29.6 Å². The fourth-order valence-electron chi connectivity index (χ4n) is 2.95. The van der Waals surface area contributed by atoms with Gasteiger partial charge in [0.1, 0.15) is 0 Å². The van der Waals surface area contributed by atoms with E-state index in [1.807, 2.05) is 31.0 Å². The monoisotopic (exact) mass is 289 g/mol. The van der Waals surface area contributed by atoms with Crippen LogP contribution in [0, 0.1) is 6.92 Å². The molecule has 0 radical (unpaired) electrons. The van der Waals surface area contributed by atoms with Crippen LogP contribution in [0.1, 0.15) is 43.9 Å². The van der Waals surface area contributed by atoms with Gasteiger partial charge in [-0.15, -0.1) is 0 Å². The molecule has 1 amide bonds. The van der Waals surface area contributed by atoms with Crippen LogP contribution in [0.2, 0.25) is 0 Å². The predicted molar refractivity (Wildman–Crippen MR) is 85.0 cm³/mol. The Bertz CT molecular complexity index is 469. The second-order valence-electron chi connectivity index (χ2n) is 6.19. The number of likely N-dealkylation sites (tertiary alicyclic amines) is 1. The number of amides is 1. The Kier molecular flexibility index (Phi) is 5.74. The first kappa shape index (κ1) is 16.0. The lowest BCUT2D eigenvalue weighted by Gasteiger charge is -2.24. The molecule has 2 heterocycles. The molecule has 0 spiro atoms. The molecule has 1 fully saturated rings. The SMILES string of the molecule is Cc1cc(CN(C)C(=O)CC[C@@H](C)N2CCCC2)ccn1. The highest BCUT2D eigenvalue weighted by Gasteiger charge is 2.19. The van der Waals surface area contributed by atoms with Gasteiger partial charge < -0.3 is 9.80 Å². The molecule has 4 nitrogen and oxygen atoms in total. The zero-order chi connectivity index (χ0) is 15.2. The third kappa shape index (κ3) is 4.81. The van der Waals surface area contributed by atoms with Gasteiger partial charge in [0.2, 0.25) is 5.91 Å². The van der Waals surface area contributed by atoms with Gasteiger partial charge in [-0.2, -0.15) is 0 Å². The molecule has 2 rings (SSSR count). The lowest BCUT2D eigenvalue weighted by molar-refractivity contribution is -0.130. The molecule has 1 atom stereocenters. The number of carbonyl (C=O) groups is 1. The lowest BCUT2D eigenvalue weighted by Crippen LogP contribution is -2.32. The first-order valence-corrected chi connectivity index (χ1v) is 7.96. The van der Waals surface area contributed by atoms with E-state index in [1.165, 1.54) is 25.9 Å². The van der Waals surface area contributed by atoms with Gasteiger partial charge in [-0.25, -0.2) is 0 Å². The summed E-state index contributed by atoms with van der Waals surface area (Å²) >= 11 is 0. The van der Waals surface area contributed by atoms with E-state index >= 15 is 0 Å². The minimum atomic E-state index is 0.232. The lowest BCUT2D eigenvalue weighted by atomic mass is 10.1. The molecule has 1 aliphatic rings. The van der Waals surface area contributed by atoms with Gasteiger partial charge in [-0.1, -0.05) is 0 Å². The van der Waals surface area contributed by atoms with Crippen LogP contribution in [0.25, 0.3) is 0 Å². The summed E-state index contributed by atoms with van der Waals surface area (Å²) in [6.07, 6.45) is 6.01. The van der Waals surface area contributed by atoms with Crippen molar-refractivity contribution < 1.29 is 4.79 Å². The molecule has 0 aliphatic carbocycles. The molecule has 1 aliphatic heterocycles. The number of pyridine rings is 1. The van der Waals surface area contributed by atoms with E-state index in [0.29, 0.717) is 19.0 Å².